The van der Waals surface area contributed by atoms with Crippen LogP contribution >= 0.6 is 15.9 Å². The monoisotopic (exact) mass is 312 g/mol. The average molecular weight is 313 g/mol. The highest BCUT2D eigenvalue weighted by Gasteiger charge is 2.10. The van der Waals surface area contributed by atoms with Crippen LogP contribution in [0, 0.1) is 6.92 Å². The topological polar surface area (TPSA) is 41.1 Å². The van der Waals surface area contributed by atoms with E-state index in [1.54, 1.807) is 0 Å². The van der Waals surface area contributed by atoms with Gasteiger partial charge in [-0.2, -0.15) is 0 Å². The van der Waals surface area contributed by atoms with Crippen LogP contribution in [0.1, 0.15) is 32.8 Å². The van der Waals surface area contributed by atoms with E-state index in [2.05, 4.69) is 47.3 Å². The summed E-state index contributed by atoms with van der Waals surface area (Å²) >= 11 is 3.45. The van der Waals surface area contributed by atoms with Crippen LogP contribution in [0.3, 0.4) is 0 Å². The fraction of sp³-hybridized carbons (Fsp3) is 0.500. The lowest BCUT2D eigenvalue weighted by atomic mass is 10.1. The van der Waals surface area contributed by atoms with E-state index >= 15 is 0 Å². The van der Waals surface area contributed by atoms with E-state index in [9.17, 15) is 4.79 Å². The first kappa shape index (κ1) is 15.2. The lowest BCUT2D eigenvalue weighted by Crippen LogP contribution is -2.37. The molecule has 0 spiro atoms. The van der Waals surface area contributed by atoms with Crippen LogP contribution < -0.4 is 10.6 Å². The van der Waals surface area contributed by atoms with Gasteiger partial charge in [-0.05, 0) is 61.3 Å². The molecule has 0 aliphatic carbocycles. The lowest BCUT2D eigenvalue weighted by Gasteiger charge is -2.20. The Balaban J connectivity index is 2.45. The molecule has 18 heavy (non-hydrogen) atoms. The molecule has 1 rings (SSSR count). The average Bonchev–Trinajstić information content (AvgIpc) is 2.20. The number of hydrogen-bond donors (Lipinski definition) is 2. The second kappa shape index (κ2) is 6.34. The van der Waals surface area contributed by atoms with Crippen molar-refractivity contribution in [2.45, 2.75) is 39.7 Å². The molecule has 100 valence electrons. The summed E-state index contributed by atoms with van der Waals surface area (Å²) < 4.78 is 0.916. The number of benzene rings is 1. The number of amides is 1. The molecular formula is C14H21BrN2O. The standard InChI is InChI=1S/C14H21BrN2O/c1-10-5-6-12(11(15)9-10)17-13(18)7-8-16-14(2,3)4/h5-6,9,16H,7-8H2,1-4H3,(H,17,18). The Morgan fingerprint density at radius 3 is 2.56 bits per heavy atom. The minimum Gasteiger partial charge on any atom is -0.325 e. The first-order chi connectivity index (χ1) is 8.28. The van der Waals surface area contributed by atoms with Crippen molar-refractivity contribution in [2.75, 3.05) is 11.9 Å². The molecule has 0 bridgehead atoms. The normalized spacial score (nSPS) is 11.4. The van der Waals surface area contributed by atoms with Crippen LogP contribution in [0.5, 0.6) is 0 Å². The lowest BCUT2D eigenvalue weighted by molar-refractivity contribution is -0.116. The summed E-state index contributed by atoms with van der Waals surface area (Å²) in [7, 11) is 0. The highest BCUT2D eigenvalue weighted by molar-refractivity contribution is 9.10. The van der Waals surface area contributed by atoms with Crippen LogP contribution in [-0.2, 0) is 4.79 Å². The second-order valence-electron chi connectivity index (χ2n) is 5.46. The predicted octanol–water partition coefficient (Wildman–Crippen LogP) is 3.47. The molecule has 3 nitrogen and oxygen atoms in total. The number of carbonyl (C=O) groups excluding carboxylic acids is 1. The minimum atomic E-state index is 0.0244. The zero-order chi connectivity index (χ0) is 13.8. The Labute approximate surface area is 117 Å². The highest BCUT2D eigenvalue weighted by Crippen LogP contribution is 2.23. The molecule has 0 unspecified atom stereocenters. The molecule has 0 fully saturated rings. The maximum atomic E-state index is 11.8. The van der Waals surface area contributed by atoms with E-state index in [-0.39, 0.29) is 11.4 Å². The van der Waals surface area contributed by atoms with Crippen molar-refractivity contribution in [1.29, 1.82) is 0 Å². The number of carbonyl (C=O) groups is 1. The largest absolute Gasteiger partial charge is 0.325 e. The number of halogens is 1. The Kier molecular flexibility index (Phi) is 5.35. The zero-order valence-corrected chi connectivity index (χ0v) is 13.0. The van der Waals surface area contributed by atoms with Gasteiger partial charge in [0.15, 0.2) is 0 Å². The first-order valence-electron chi connectivity index (χ1n) is 6.09. The fourth-order valence-electron chi connectivity index (χ4n) is 1.49. The van der Waals surface area contributed by atoms with Gasteiger partial charge in [0.25, 0.3) is 0 Å². The molecule has 2 N–H and O–H groups in total. The van der Waals surface area contributed by atoms with Crippen molar-refractivity contribution in [3.8, 4) is 0 Å². The summed E-state index contributed by atoms with van der Waals surface area (Å²) in [4.78, 5) is 11.8. The Hall–Kier alpha value is -0.870. The molecular weight excluding hydrogens is 292 g/mol. The van der Waals surface area contributed by atoms with Gasteiger partial charge in [-0.15, -0.1) is 0 Å². The summed E-state index contributed by atoms with van der Waals surface area (Å²) in [6.07, 6.45) is 0.470. The molecule has 1 aromatic rings. The third-order valence-electron chi connectivity index (χ3n) is 2.41. The Bertz CT molecular complexity index is 424. The van der Waals surface area contributed by atoms with Gasteiger partial charge in [-0.1, -0.05) is 6.07 Å². The molecule has 0 radical (unpaired) electrons. The van der Waals surface area contributed by atoms with Crippen molar-refractivity contribution >= 4 is 27.5 Å². The number of aryl methyl sites for hydroxylation is 1. The Morgan fingerprint density at radius 2 is 2.00 bits per heavy atom. The van der Waals surface area contributed by atoms with Crippen LogP contribution in [0.2, 0.25) is 0 Å². The molecule has 0 saturated carbocycles. The van der Waals surface area contributed by atoms with E-state index in [4.69, 9.17) is 0 Å². The van der Waals surface area contributed by atoms with Gasteiger partial charge >= 0.3 is 0 Å². The van der Waals surface area contributed by atoms with Gasteiger partial charge < -0.3 is 10.6 Å². The smallest absolute Gasteiger partial charge is 0.225 e. The summed E-state index contributed by atoms with van der Waals surface area (Å²) in [6, 6.07) is 5.88. The molecule has 0 atom stereocenters. The maximum Gasteiger partial charge on any atom is 0.225 e. The zero-order valence-electron chi connectivity index (χ0n) is 11.4. The molecule has 0 aliphatic rings. The van der Waals surface area contributed by atoms with E-state index in [0.29, 0.717) is 13.0 Å². The SMILES string of the molecule is Cc1ccc(NC(=O)CCNC(C)(C)C)c(Br)c1. The van der Waals surface area contributed by atoms with Crippen molar-refractivity contribution in [1.82, 2.24) is 5.32 Å². The predicted molar refractivity (Wildman–Crippen MR) is 79.9 cm³/mol. The van der Waals surface area contributed by atoms with Crippen LogP contribution in [0.25, 0.3) is 0 Å². The molecule has 1 amide bonds. The third-order valence-corrected chi connectivity index (χ3v) is 3.06. The Morgan fingerprint density at radius 1 is 1.33 bits per heavy atom. The number of hydrogen-bond acceptors (Lipinski definition) is 2. The second-order valence-corrected chi connectivity index (χ2v) is 6.31. The minimum absolute atomic E-state index is 0.0244. The van der Waals surface area contributed by atoms with Gasteiger partial charge in [0.2, 0.25) is 5.91 Å². The number of rotatable bonds is 4. The van der Waals surface area contributed by atoms with E-state index < -0.39 is 0 Å². The molecule has 0 aromatic heterocycles. The number of anilines is 1. The van der Waals surface area contributed by atoms with Crippen LogP contribution in [0.4, 0.5) is 5.69 Å². The van der Waals surface area contributed by atoms with Crippen molar-refractivity contribution < 1.29 is 4.79 Å². The van der Waals surface area contributed by atoms with Crippen molar-refractivity contribution in [2.24, 2.45) is 0 Å². The van der Waals surface area contributed by atoms with Gasteiger partial charge in [0.1, 0.15) is 0 Å². The van der Waals surface area contributed by atoms with E-state index in [1.165, 1.54) is 0 Å². The van der Waals surface area contributed by atoms with Gasteiger partial charge in [0, 0.05) is 23.0 Å². The number of nitrogens with one attached hydrogen (secondary N) is 2. The quantitative estimate of drug-likeness (QED) is 0.893. The summed E-state index contributed by atoms with van der Waals surface area (Å²) in [5.41, 5.74) is 2.03. The van der Waals surface area contributed by atoms with E-state index in [0.717, 1.165) is 15.7 Å². The van der Waals surface area contributed by atoms with Crippen molar-refractivity contribution in [3.05, 3.63) is 28.2 Å². The summed E-state index contributed by atoms with van der Waals surface area (Å²) in [5.74, 6) is 0.0244. The molecule has 1 aromatic carbocycles. The molecule has 0 saturated heterocycles. The van der Waals surface area contributed by atoms with Gasteiger partial charge in [-0.3, -0.25) is 4.79 Å². The van der Waals surface area contributed by atoms with Crippen LogP contribution in [-0.4, -0.2) is 18.0 Å². The highest BCUT2D eigenvalue weighted by atomic mass is 79.9. The molecule has 0 aliphatic heterocycles. The van der Waals surface area contributed by atoms with Gasteiger partial charge in [-0.25, -0.2) is 0 Å². The summed E-state index contributed by atoms with van der Waals surface area (Å²) in [6.45, 7) is 8.95. The molecule has 0 heterocycles. The van der Waals surface area contributed by atoms with Gasteiger partial charge in [0.05, 0.1) is 5.69 Å². The van der Waals surface area contributed by atoms with E-state index in [1.807, 2.05) is 25.1 Å². The fourth-order valence-corrected chi connectivity index (χ4v) is 2.08. The van der Waals surface area contributed by atoms with Crippen molar-refractivity contribution in [3.63, 3.8) is 0 Å². The first-order valence-corrected chi connectivity index (χ1v) is 6.88. The summed E-state index contributed by atoms with van der Waals surface area (Å²) in [5, 5.41) is 6.19. The third kappa shape index (κ3) is 5.65. The maximum absolute atomic E-state index is 11.8. The van der Waals surface area contributed by atoms with Crippen LogP contribution in [0.15, 0.2) is 22.7 Å². The molecule has 4 heteroatoms.